The number of nitrogens with zero attached hydrogens (tertiary/aromatic N) is 1. The van der Waals surface area contributed by atoms with E-state index in [2.05, 4.69) is 5.32 Å². The van der Waals surface area contributed by atoms with Crippen LogP contribution in [0.3, 0.4) is 0 Å². The maximum absolute atomic E-state index is 13.1. The summed E-state index contributed by atoms with van der Waals surface area (Å²) in [7, 11) is 0. The van der Waals surface area contributed by atoms with Crippen molar-refractivity contribution in [1.29, 1.82) is 0 Å². The van der Waals surface area contributed by atoms with E-state index >= 15 is 0 Å². The quantitative estimate of drug-likeness (QED) is 0.899. The molecule has 1 saturated heterocycles. The molecule has 0 aromatic heterocycles. The lowest BCUT2D eigenvalue weighted by molar-refractivity contribution is -0.124. The van der Waals surface area contributed by atoms with Gasteiger partial charge in [-0.15, -0.1) is 0 Å². The number of amides is 2. The summed E-state index contributed by atoms with van der Waals surface area (Å²) in [5.41, 5.74) is 2.02. The van der Waals surface area contributed by atoms with Gasteiger partial charge in [0.05, 0.1) is 12.2 Å². The smallest absolute Gasteiger partial charge is 0.265 e. The first-order chi connectivity index (χ1) is 13.1. The summed E-state index contributed by atoms with van der Waals surface area (Å²) >= 11 is 0. The van der Waals surface area contributed by atoms with Gasteiger partial charge >= 0.3 is 0 Å². The first kappa shape index (κ1) is 17.5. The molecule has 2 amide bonds. The molecule has 1 fully saturated rings. The normalized spacial score (nSPS) is 18.8. The van der Waals surface area contributed by atoms with E-state index < -0.39 is 6.10 Å². The van der Waals surface area contributed by atoms with Gasteiger partial charge in [0.15, 0.2) is 6.61 Å². The van der Waals surface area contributed by atoms with Crippen molar-refractivity contribution in [3.63, 3.8) is 0 Å². The van der Waals surface area contributed by atoms with Crippen molar-refractivity contribution in [3.05, 3.63) is 53.8 Å². The fraction of sp³-hybridized carbons (Fsp3) is 0.300. The number of carbonyl (C=O) groups is 2. The number of carbonyl (C=O) groups excluding carboxylic acids is 2. The van der Waals surface area contributed by atoms with E-state index in [1.165, 1.54) is 12.1 Å². The number of halogens is 1. The van der Waals surface area contributed by atoms with E-state index in [1.807, 2.05) is 0 Å². The Morgan fingerprint density at radius 1 is 1.22 bits per heavy atom. The molecule has 7 heteroatoms. The van der Waals surface area contributed by atoms with Crippen LogP contribution in [0.4, 0.5) is 15.8 Å². The average Bonchev–Trinajstić information content (AvgIpc) is 3.21. The first-order valence-electron chi connectivity index (χ1n) is 8.84. The van der Waals surface area contributed by atoms with Crippen LogP contribution < -0.4 is 15.0 Å². The van der Waals surface area contributed by atoms with Crippen molar-refractivity contribution < 1.29 is 23.5 Å². The molecule has 27 heavy (non-hydrogen) atoms. The summed E-state index contributed by atoms with van der Waals surface area (Å²) in [6.07, 6.45) is 1.18. The van der Waals surface area contributed by atoms with Crippen molar-refractivity contribution in [2.45, 2.75) is 25.5 Å². The number of anilines is 2. The topological polar surface area (TPSA) is 67.9 Å². The van der Waals surface area contributed by atoms with Crippen molar-refractivity contribution in [3.8, 4) is 5.75 Å². The van der Waals surface area contributed by atoms with Gasteiger partial charge in [-0.05, 0) is 42.7 Å². The zero-order chi connectivity index (χ0) is 18.8. The zero-order valence-corrected chi connectivity index (χ0v) is 14.6. The third kappa shape index (κ3) is 3.78. The summed E-state index contributed by atoms with van der Waals surface area (Å²) in [5.74, 6) is -0.161. The van der Waals surface area contributed by atoms with Gasteiger partial charge < -0.3 is 19.7 Å². The molecule has 1 atom stereocenters. The summed E-state index contributed by atoms with van der Waals surface area (Å²) in [6.45, 7) is 0.834. The zero-order valence-electron chi connectivity index (χ0n) is 14.6. The second-order valence-electron chi connectivity index (χ2n) is 6.57. The van der Waals surface area contributed by atoms with Crippen molar-refractivity contribution >= 4 is 23.2 Å². The Labute approximate surface area is 155 Å². The Morgan fingerprint density at radius 2 is 2.04 bits per heavy atom. The molecular formula is C20H19FN2O4. The van der Waals surface area contributed by atoms with Crippen molar-refractivity contribution in [1.82, 2.24) is 0 Å². The van der Waals surface area contributed by atoms with Gasteiger partial charge in [-0.25, -0.2) is 4.39 Å². The summed E-state index contributed by atoms with van der Waals surface area (Å²) < 4.78 is 24.0. The van der Waals surface area contributed by atoms with Gasteiger partial charge in [0.25, 0.3) is 11.8 Å². The molecule has 0 spiro atoms. The average molecular weight is 370 g/mol. The predicted molar refractivity (Wildman–Crippen MR) is 97.1 cm³/mol. The Kier molecular flexibility index (Phi) is 4.77. The second kappa shape index (κ2) is 7.36. The maximum Gasteiger partial charge on any atom is 0.265 e. The van der Waals surface area contributed by atoms with E-state index in [4.69, 9.17) is 9.47 Å². The lowest BCUT2D eigenvalue weighted by Gasteiger charge is -2.30. The Balaban J connectivity index is 1.52. The van der Waals surface area contributed by atoms with E-state index in [-0.39, 0.29) is 24.2 Å². The molecule has 0 saturated carbocycles. The molecule has 0 bridgehead atoms. The Morgan fingerprint density at radius 3 is 2.78 bits per heavy atom. The molecule has 1 N–H and O–H groups in total. The van der Waals surface area contributed by atoms with E-state index in [9.17, 15) is 14.0 Å². The van der Waals surface area contributed by atoms with Crippen LogP contribution in [0.5, 0.6) is 5.75 Å². The third-order valence-corrected chi connectivity index (χ3v) is 4.65. The molecule has 1 unspecified atom stereocenters. The van der Waals surface area contributed by atoms with E-state index in [0.29, 0.717) is 36.7 Å². The van der Waals surface area contributed by atoms with Crippen LogP contribution >= 0.6 is 0 Å². The van der Waals surface area contributed by atoms with Gasteiger partial charge in [-0.3, -0.25) is 9.59 Å². The number of ether oxygens (including phenoxy) is 2. The largest absolute Gasteiger partial charge is 0.481 e. The SMILES string of the molecule is O=C(Nc1ccc2c(c1)OCC(=O)N2Cc1ccc(F)cc1)C1CCCO1. The third-order valence-electron chi connectivity index (χ3n) is 4.65. The van der Waals surface area contributed by atoms with Crippen LogP contribution in [0.1, 0.15) is 18.4 Å². The molecule has 0 aliphatic carbocycles. The number of hydrogen-bond donors (Lipinski definition) is 1. The maximum atomic E-state index is 13.1. The van der Waals surface area contributed by atoms with Crippen LogP contribution in [0.25, 0.3) is 0 Å². The number of rotatable bonds is 4. The minimum atomic E-state index is -0.418. The number of benzene rings is 2. The van der Waals surface area contributed by atoms with Crippen molar-refractivity contribution in [2.75, 3.05) is 23.4 Å². The van der Waals surface area contributed by atoms with Crippen LogP contribution in [0.2, 0.25) is 0 Å². The van der Waals surface area contributed by atoms with Gasteiger partial charge in [0.1, 0.15) is 17.7 Å². The van der Waals surface area contributed by atoms with Crippen LogP contribution in [-0.4, -0.2) is 31.1 Å². The fourth-order valence-electron chi connectivity index (χ4n) is 3.24. The minimum absolute atomic E-state index is 0.0860. The minimum Gasteiger partial charge on any atom is -0.481 e. The molecule has 6 nitrogen and oxygen atoms in total. The molecule has 2 aliphatic heterocycles. The molecule has 140 valence electrons. The first-order valence-corrected chi connectivity index (χ1v) is 8.84. The van der Waals surface area contributed by atoms with Gasteiger partial charge in [0.2, 0.25) is 0 Å². The second-order valence-corrected chi connectivity index (χ2v) is 6.57. The van der Waals surface area contributed by atoms with Crippen LogP contribution in [-0.2, 0) is 20.9 Å². The van der Waals surface area contributed by atoms with Gasteiger partial charge in [-0.1, -0.05) is 12.1 Å². The van der Waals surface area contributed by atoms with Gasteiger partial charge in [-0.2, -0.15) is 0 Å². The van der Waals surface area contributed by atoms with E-state index in [1.54, 1.807) is 35.2 Å². The monoisotopic (exact) mass is 370 g/mol. The van der Waals surface area contributed by atoms with Crippen LogP contribution in [0.15, 0.2) is 42.5 Å². The number of fused-ring (bicyclic) bond motifs is 1. The van der Waals surface area contributed by atoms with Gasteiger partial charge in [0, 0.05) is 18.4 Å². The molecule has 0 radical (unpaired) electrons. The standard InChI is InChI=1S/C20H19FN2O4/c21-14-5-3-13(4-6-14)11-23-16-8-7-15(10-18(16)27-12-19(23)24)22-20(25)17-2-1-9-26-17/h3-8,10,17H,1-2,9,11-12H2,(H,22,25). The molecule has 2 aromatic rings. The van der Waals surface area contributed by atoms with E-state index in [0.717, 1.165) is 12.0 Å². The summed E-state index contributed by atoms with van der Waals surface area (Å²) in [5, 5.41) is 2.83. The number of hydrogen-bond acceptors (Lipinski definition) is 4. The summed E-state index contributed by atoms with van der Waals surface area (Å²) in [6, 6.07) is 11.2. The van der Waals surface area contributed by atoms with Crippen LogP contribution in [0, 0.1) is 5.82 Å². The highest BCUT2D eigenvalue weighted by Gasteiger charge is 2.27. The number of nitrogens with one attached hydrogen (secondary N) is 1. The lowest BCUT2D eigenvalue weighted by atomic mass is 10.1. The van der Waals surface area contributed by atoms with Crippen molar-refractivity contribution in [2.24, 2.45) is 0 Å². The fourth-order valence-corrected chi connectivity index (χ4v) is 3.24. The molecular weight excluding hydrogens is 351 g/mol. The highest BCUT2D eigenvalue weighted by atomic mass is 19.1. The molecule has 2 aliphatic rings. The highest BCUT2D eigenvalue weighted by molar-refractivity contribution is 5.99. The summed E-state index contributed by atoms with van der Waals surface area (Å²) in [4.78, 5) is 26.1. The Bertz CT molecular complexity index is 863. The Hall–Kier alpha value is -2.93. The predicted octanol–water partition coefficient (Wildman–Crippen LogP) is 2.87. The molecule has 2 aromatic carbocycles. The molecule has 2 heterocycles. The lowest BCUT2D eigenvalue weighted by Crippen LogP contribution is -2.38. The highest BCUT2D eigenvalue weighted by Crippen LogP contribution is 2.35. The molecule has 4 rings (SSSR count).